The zero-order chi connectivity index (χ0) is 35.5. The van der Waals surface area contributed by atoms with Crippen molar-refractivity contribution in [3.8, 4) is 22.5 Å². The number of anilines is 1. The number of piperazine rings is 1. The van der Waals surface area contributed by atoms with E-state index in [1.54, 1.807) is 32.0 Å². The van der Waals surface area contributed by atoms with Crippen molar-refractivity contribution in [2.24, 2.45) is 0 Å². The molecule has 11 nitrogen and oxygen atoms in total. The Bertz CT molecular complexity index is 2030. The molecule has 0 spiro atoms. The van der Waals surface area contributed by atoms with Gasteiger partial charge in [0.15, 0.2) is 5.78 Å². The highest BCUT2D eigenvalue weighted by atomic mass is 32.2. The summed E-state index contributed by atoms with van der Waals surface area (Å²) < 4.78 is 65.7. The molecule has 1 fully saturated rings. The Morgan fingerprint density at radius 1 is 1.06 bits per heavy atom. The van der Waals surface area contributed by atoms with Crippen molar-refractivity contribution in [1.29, 1.82) is 0 Å². The maximum Gasteiger partial charge on any atom is 0.308 e. The number of alkyl halides is 1. The fourth-order valence-corrected chi connectivity index (χ4v) is 6.80. The lowest BCUT2D eigenvalue weighted by Crippen LogP contribution is -2.57. The van der Waals surface area contributed by atoms with Crippen LogP contribution < -0.4 is 9.62 Å². The van der Waals surface area contributed by atoms with Gasteiger partial charge in [0.05, 0.1) is 37.1 Å². The molecule has 49 heavy (non-hydrogen) atoms. The molecule has 1 atom stereocenters. The van der Waals surface area contributed by atoms with E-state index in [0.717, 1.165) is 10.6 Å². The maximum absolute atomic E-state index is 13.9. The molecule has 4 aromatic rings. The monoisotopic (exact) mass is 695 g/mol. The Hall–Kier alpha value is -5.11. The van der Waals surface area contributed by atoms with Crippen LogP contribution in [0, 0.1) is 5.82 Å². The first kappa shape index (κ1) is 35.2. The van der Waals surface area contributed by atoms with Crippen molar-refractivity contribution in [2.45, 2.75) is 32.7 Å². The Kier molecular flexibility index (Phi) is 10.5. The van der Waals surface area contributed by atoms with Gasteiger partial charge in [-0.25, -0.2) is 17.2 Å². The Balaban J connectivity index is 1.70. The van der Waals surface area contributed by atoms with E-state index >= 15 is 0 Å². The van der Waals surface area contributed by atoms with E-state index in [1.165, 1.54) is 47.4 Å². The number of furan rings is 1. The molecule has 0 aliphatic carbocycles. The van der Waals surface area contributed by atoms with Gasteiger partial charge in [0.25, 0.3) is 5.91 Å². The van der Waals surface area contributed by atoms with Gasteiger partial charge in [0, 0.05) is 47.7 Å². The number of ketones is 1. The zero-order valence-electron chi connectivity index (χ0n) is 27.1. The molecule has 0 bridgehead atoms. The van der Waals surface area contributed by atoms with E-state index in [4.69, 9.17) is 9.15 Å². The van der Waals surface area contributed by atoms with E-state index < -0.39 is 52.9 Å². The van der Waals surface area contributed by atoms with Gasteiger partial charge < -0.3 is 19.4 Å². The Labute approximate surface area is 281 Å². The number of halogens is 2. The molecule has 0 saturated carbocycles. The van der Waals surface area contributed by atoms with Crippen LogP contribution in [0.4, 0.5) is 14.5 Å². The van der Waals surface area contributed by atoms with Gasteiger partial charge in [-0.3, -0.25) is 23.5 Å². The smallest absolute Gasteiger partial charge is 0.308 e. The van der Waals surface area contributed by atoms with Crippen molar-refractivity contribution in [1.82, 2.24) is 10.2 Å². The van der Waals surface area contributed by atoms with Gasteiger partial charge in [-0.2, -0.15) is 0 Å². The number of amides is 2. The molecule has 1 saturated heterocycles. The predicted octanol–water partition coefficient (Wildman–Crippen LogP) is 5.13. The molecule has 0 radical (unpaired) electrons. The number of sulfonamides is 1. The van der Waals surface area contributed by atoms with Gasteiger partial charge in [0.2, 0.25) is 15.9 Å². The van der Waals surface area contributed by atoms with Crippen LogP contribution in [0.2, 0.25) is 0 Å². The van der Waals surface area contributed by atoms with Gasteiger partial charge in [-0.15, -0.1) is 0 Å². The maximum atomic E-state index is 13.9. The molecule has 3 aromatic carbocycles. The summed E-state index contributed by atoms with van der Waals surface area (Å²) in [6.45, 7) is 2.16. The van der Waals surface area contributed by atoms with E-state index in [-0.39, 0.29) is 72.0 Å². The standard InChI is InChI=1S/C35H35F2N3O8S/c1-4-29(41)32-26-18-25(22-7-6-8-23(17-22)35(44)39-16-14-38-34(43)28(39)20-31(42)47-5-2)27(40(15-13-36)49(3,45)46)19-30(26)48-33(32)21-9-11-24(37)12-10-21/h6-12,17-19,28H,4-5,13-16,20H2,1-3H3,(H,38,43). The summed E-state index contributed by atoms with van der Waals surface area (Å²) in [5.41, 5.74) is 1.50. The van der Waals surface area contributed by atoms with Gasteiger partial charge >= 0.3 is 5.97 Å². The lowest BCUT2D eigenvalue weighted by atomic mass is 9.95. The van der Waals surface area contributed by atoms with Crippen LogP contribution in [0.25, 0.3) is 33.4 Å². The van der Waals surface area contributed by atoms with Gasteiger partial charge in [0.1, 0.15) is 29.9 Å². The highest BCUT2D eigenvalue weighted by molar-refractivity contribution is 7.92. The molecule has 2 heterocycles. The average Bonchev–Trinajstić information content (AvgIpc) is 3.45. The number of rotatable bonds is 12. The summed E-state index contributed by atoms with van der Waals surface area (Å²) in [6.07, 6.45) is 0.682. The molecule has 1 aliphatic rings. The summed E-state index contributed by atoms with van der Waals surface area (Å²) in [7, 11) is -4.05. The summed E-state index contributed by atoms with van der Waals surface area (Å²) in [5, 5.41) is 2.99. The van der Waals surface area contributed by atoms with Crippen LogP contribution in [0.15, 0.2) is 65.1 Å². The molecular formula is C35H35F2N3O8S. The Morgan fingerprint density at radius 2 is 1.80 bits per heavy atom. The van der Waals surface area contributed by atoms with Crippen LogP contribution in [0.5, 0.6) is 0 Å². The number of hydrogen-bond acceptors (Lipinski definition) is 8. The van der Waals surface area contributed by atoms with Crippen molar-refractivity contribution < 1.29 is 45.5 Å². The number of fused-ring (bicyclic) bond motifs is 1. The second kappa shape index (κ2) is 14.6. The lowest BCUT2D eigenvalue weighted by Gasteiger charge is -2.34. The van der Waals surface area contributed by atoms with E-state index in [0.29, 0.717) is 16.5 Å². The number of Topliss-reactive ketones (excluding diaryl/α,β-unsaturated/α-hetero) is 1. The summed E-state index contributed by atoms with van der Waals surface area (Å²) in [5.74, 6) is -2.32. The average molecular weight is 696 g/mol. The third kappa shape index (κ3) is 7.33. The molecule has 5 rings (SSSR count). The van der Waals surface area contributed by atoms with E-state index in [2.05, 4.69) is 5.32 Å². The number of nitrogens with one attached hydrogen (secondary N) is 1. The first-order chi connectivity index (χ1) is 23.4. The molecule has 1 aromatic heterocycles. The molecule has 1 unspecified atom stereocenters. The van der Waals surface area contributed by atoms with Gasteiger partial charge in [-0.1, -0.05) is 19.1 Å². The second-order valence-corrected chi connectivity index (χ2v) is 13.3. The number of esters is 1. The first-order valence-electron chi connectivity index (χ1n) is 15.7. The van der Waals surface area contributed by atoms with Crippen LogP contribution in [-0.4, -0.2) is 82.1 Å². The SMILES string of the molecule is CCOC(=O)CC1C(=O)NCCN1C(=O)c1cccc(-c2cc3c(C(=O)CC)c(-c4ccc(F)cc4)oc3cc2N(CCF)S(C)(=O)=O)c1. The summed E-state index contributed by atoms with van der Waals surface area (Å²) >= 11 is 0. The molecule has 258 valence electrons. The van der Waals surface area contributed by atoms with Crippen LogP contribution in [-0.2, 0) is 24.3 Å². The minimum Gasteiger partial charge on any atom is -0.466 e. The quantitative estimate of drug-likeness (QED) is 0.159. The number of carbonyl (C=O) groups is 4. The number of benzene rings is 3. The van der Waals surface area contributed by atoms with Crippen LogP contribution in [0.1, 0.15) is 47.4 Å². The summed E-state index contributed by atoms with van der Waals surface area (Å²) in [4.78, 5) is 53.6. The largest absolute Gasteiger partial charge is 0.466 e. The Morgan fingerprint density at radius 3 is 2.45 bits per heavy atom. The van der Waals surface area contributed by atoms with Gasteiger partial charge in [-0.05, 0) is 55.0 Å². The third-order valence-corrected chi connectivity index (χ3v) is 9.33. The number of nitrogens with zero attached hydrogens (tertiary/aromatic N) is 2. The van der Waals surface area contributed by atoms with Crippen molar-refractivity contribution >= 4 is 50.2 Å². The van der Waals surface area contributed by atoms with E-state index in [1.807, 2.05) is 0 Å². The highest BCUT2D eigenvalue weighted by Crippen LogP contribution is 2.42. The summed E-state index contributed by atoms with van der Waals surface area (Å²) in [6, 6.07) is 13.4. The lowest BCUT2D eigenvalue weighted by molar-refractivity contribution is -0.147. The number of carbonyl (C=O) groups excluding carboxylic acids is 4. The second-order valence-electron chi connectivity index (χ2n) is 11.4. The third-order valence-electron chi connectivity index (χ3n) is 8.15. The van der Waals surface area contributed by atoms with Crippen molar-refractivity contribution in [3.63, 3.8) is 0 Å². The molecule has 1 aliphatic heterocycles. The predicted molar refractivity (Wildman–Crippen MR) is 179 cm³/mol. The van der Waals surface area contributed by atoms with Crippen molar-refractivity contribution in [3.05, 3.63) is 77.6 Å². The fraction of sp³-hybridized carbons (Fsp3) is 0.314. The van der Waals surface area contributed by atoms with E-state index in [9.17, 15) is 36.4 Å². The fourth-order valence-electron chi connectivity index (χ4n) is 5.89. The topological polar surface area (TPSA) is 143 Å². The normalized spacial score (nSPS) is 14.8. The zero-order valence-corrected chi connectivity index (χ0v) is 27.9. The number of hydrogen-bond donors (Lipinski definition) is 1. The first-order valence-corrected chi connectivity index (χ1v) is 17.5. The highest BCUT2D eigenvalue weighted by Gasteiger charge is 2.36. The molecule has 14 heteroatoms. The van der Waals surface area contributed by atoms with Crippen molar-refractivity contribution in [2.75, 3.05) is 43.5 Å². The number of ether oxygens (including phenoxy) is 1. The molecular weight excluding hydrogens is 660 g/mol. The molecule has 1 N–H and O–H groups in total. The minimum absolute atomic E-state index is 0.0321. The van der Waals surface area contributed by atoms with Crippen LogP contribution in [0.3, 0.4) is 0 Å². The minimum atomic E-state index is -4.05. The van der Waals surface area contributed by atoms with Crippen LogP contribution >= 0.6 is 0 Å². The molecule has 2 amide bonds.